The first-order chi connectivity index (χ1) is 17.1. The zero-order valence-corrected chi connectivity index (χ0v) is 20.1. The van der Waals surface area contributed by atoms with Crippen LogP contribution in [0, 0.1) is 0 Å². The maximum atomic E-state index is 13.5. The van der Waals surface area contributed by atoms with E-state index in [2.05, 4.69) is 0 Å². The van der Waals surface area contributed by atoms with Crippen molar-refractivity contribution in [1.82, 2.24) is 9.58 Å². The fourth-order valence-corrected chi connectivity index (χ4v) is 4.38. The number of benzene rings is 2. The molecule has 0 radical (unpaired) electrons. The van der Waals surface area contributed by atoms with Crippen molar-refractivity contribution in [3.8, 4) is 5.75 Å². The first-order valence-corrected chi connectivity index (χ1v) is 11.8. The lowest BCUT2D eigenvalue weighted by atomic mass is 9.98. The van der Waals surface area contributed by atoms with Crippen molar-refractivity contribution in [3.05, 3.63) is 99.5 Å². The average molecular weight is 478 g/mol. The molecule has 2 aromatic carbocycles. The lowest BCUT2D eigenvalue weighted by Crippen LogP contribution is -2.57. The molecule has 1 N–H and O–H groups in total. The molecule has 0 bridgehead atoms. The second-order valence-corrected chi connectivity index (χ2v) is 8.43. The maximum absolute atomic E-state index is 13.5. The molecule has 4 rings (SSSR count). The molecule has 0 unspecified atom stereocenters. The molecule has 1 aliphatic heterocycles. The fraction of sp³-hybridized carbons (Fsp3) is 0.333. The molecule has 0 fully saturated rings. The molecule has 0 saturated heterocycles. The van der Waals surface area contributed by atoms with E-state index in [1.54, 1.807) is 16.7 Å². The number of fused-ring (bicyclic) bond motifs is 1. The number of aromatic nitrogens is 1. The van der Waals surface area contributed by atoms with Gasteiger partial charge in [-0.05, 0) is 17.5 Å². The summed E-state index contributed by atoms with van der Waals surface area (Å²) >= 11 is 0. The van der Waals surface area contributed by atoms with Crippen molar-refractivity contribution in [2.45, 2.75) is 26.0 Å². The normalized spacial score (nSPS) is 13.4. The van der Waals surface area contributed by atoms with E-state index >= 15 is 0 Å². The van der Waals surface area contributed by atoms with Gasteiger partial charge in [-0.1, -0.05) is 67.6 Å². The highest BCUT2D eigenvalue weighted by molar-refractivity contribution is 5.96. The molecule has 0 aliphatic carbocycles. The molecular formula is C27H31N3O5. The lowest BCUT2D eigenvalue weighted by Gasteiger charge is -2.45. The minimum Gasteiger partial charge on any atom is -0.502 e. The molecule has 1 aromatic heterocycles. The molecular weight excluding hydrogens is 446 g/mol. The number of carbonyl (C=O) groups excluding carboxylic acids is 1. The highest BCUT2D eigenvalue weighted by Crippen LogP contribution is 2.33. The van der Waals surface area contributed by atoms with Crippen LogP contribution in [0.5, 0.6) is 5.75 Å². The largest absolute Gasteiger partial charge is 0.502 e. The van der Waals surface area contributed by atoms with Crippen LogP contribution < -0.4 is 10.4 Å². The van der Waals surface area contributed by atoms with Crippen LogP contribution in [0.2, 0.25) is 0 Å². The summed E-state index contributed by atoms with van der Waals surface area (Å²) in [5.74, 6) is -0.994. The van der Waals surface area contributed by atoms with Gasteiger partial charge in [-0.2, -0.15) is 0 Å². The van der Waals surface area contributed by atoms with Gasteiger partial charge in [-0.25, -0.2) is 4.68 Å². The molecule has 2 heterocycles. The smallest absolute Gasteiger partial charge is 0.277 e. The third kappa shape index (κ3) is 5.08. The van der Waals surface area contributed by atoms with Gasteiger partial charge >= 0.3 is 0 Å². The predicted molar refractivity (Wildman–Crippen MR) is 133 cm³/mol. The number of hydrogen-bond acceptors (Lipinski definition) is 6. The molecule has 1 aliphatic rings. The second-order valence-electron chi connectivity index (χ2n) is 8.43. The van der Waals surface area contributed by atoms with Crippen molar-refractivity contribution < 1.29 is 19.4 Å². The Balaban J connectivity index is 1.94. The molecule has 8 nitrogen and oxygen atoms in total. The molecule has 0 spiro atoms. The Morgan fingerprint density at radius 1 is 0.971 bits per heavy atom. The average Bonchev–Trinajstić information content (AvgIpc) is 2.88. The van der Waals surface area contributed by atoms with Gasteiger partial charge in [-0.15, -0.1) is 0 Å². The van der Waals surface area contributed by atoms with Gasteiger partial charge in [0, 0.05) is 26.3 Å². The Kier molecular flexibility index (Phi) is 7.84. The number of amides is 1. The third-order valence-electron chi connectivity index (χ3n) is 5.99. The van der Waals surface area contributed by atoms with Crippen LogP contribution in [-0.4, -0.2) is 54.1 Å². The summed E-state index contributed by atoms with van der Waals surface area (Å²) in [5, 5.41) is 12.8. The van der Waals surface area contributed by atoms with E-state index in [4.69, 9.17) is 9.47 Å². The van der Waals surface area contributed by atoms with Crippen LogP contribution in [0.3, 0.4) is 0 Å². The number of aromatic hydroxyl groups is 1. The molecule has 1 amide bonds. The SMILES string of the molecule is CCCOCc1cc(=O)c(O)c2n1N(C(c1ccccc1)c1ccccc1)CN(CCOC)C2=O. The number of carbonyl (C=O) groups is 1. The Morgan fingerprint density at radius 2 is 1.60 bits per heavy atom. The van der Waals surface area contributed by atoms with Gasteiger partial charge in [0.1, 0.15) is 6.67 Å². The maximum Gasteiger partial charge on any atom is 0.277 e. The number of nitrogens with zero attached hydrogens (tertiary/aromatic N) is 3. The zero-order chi connectivity index (χ0) is 24.8. The fourth-order valence-electron chi connectivity index (χ4n) is 4.38. The van der Waals surface area contributed by atoms with E-state index in [1.165, 1.54) is 6.07 Å². The second kappa shape index (κ2) is 11.2. The van der Waals surface area contributed by atoms with E-state index in [-0.39, 0.29) is 25.0 Å². The van der Waals surface area contributed by atoms with Gasteiger partial charge in [0.25, 0.3) is 5.91 Å². The number of rotatable bonds is 10. The van der Waals surface area contributed by atoms with Gasteiger partial charge in [0.2, 0.25) is 5.43 Å². The standard InChI is InChI=1S/C27H31N3O5/c1-3-15-35-18-22-17-23(31)26(32)25-27(33)28(14-16-34-2)19-29(30(22)25)24(20-10-6-4-7-11-20)21-12-8-5-9-13-21/h4-13,17,24,32H,3,14-16,18-19H2,1-2H3. The van der Waals surface area contributed by atoms with Crippen LogP contribution in [0.4, 0.5) is 0 Å². The summed E-state index contributed by atoms with van der Waals surface area (Å²) in [5.41, 5.74) is 1.84. The summed E-state index contributed by atoms with van der Waals surface area (Å²) in [4.78, 5) is 27.8. The highest BCUT2D eigenvalue weighted by atomic mass is 16.5. The van der Waals surface area contributed by atoms with Gasteiger partial charge in [0.05, 0.1) is 24.9 Å². The first kappa shape index (κ1) is 24.5. The van der Waals surface area contributed by atoms with Crippen LogP contribution >= 0.6 is 0 Å². The topological polar surface area (TPSA) is 84.2 Å². The molecule has 3 aromatic rings. The van der Waals surface area contributed by atoms with E-state index in [9.17, 15) is 14.7 Å². The molecule has 35 heavy (non-hydrogen) atoms. The van der Waals surface area contributed by atoms with Gasteiger partial charge < -0.3 is 19.5 Å². The van der Waals surface area contributed by atoms with Crippen molar-refractivity contribution >= 4 is 5.91 Å². The van der Waals surface area contributed by atoms with E-state index in [0.29, 0.717) is 25.5 Å². The Labute approximate surface area is 204 Å². The van der Waals surface area contributed by atoms with Crippen LogP contribution in [0.15, 0.2) is 71.5 Å². The molecule has 0 saturated carbocycles. The van der Waals surface area contributed by atoms with E-state index in [1.807, 2.05) is 72.6 Å². The Morgan fingerprint density at radius 3 is 2.17 bits per heavy atom. The number of ether oxygens (including phenoxy) is 2. The van der Waals surface area contributed by atoms with Crippen molar-refractivity contribution in [3.63, 3.8) is 0 Å². The quantitative estimate of drug-likeness (QED) is 0.451. The van der Waals surface area contributed by atoms with E-state index < -0.39 is 17.1 Å². The first-order valence-electron chi connectivity index (χ1n) is 11.8. The Hall–Kier alpha value is -3.62. The van der Waals surface area contributed by atoms with Crippen molar-refractivity contribution in [1.29, 1.82) is 0 Å². The zero-order valence-electron chi connectivity index (χ0n) is 20.1. The summed E-state index contributed by atoms with van der Waals surface area (Å²) in [7, 11) is 1.57. The van der Waals surface area contributed by atoms with E-state index in [0.717, 1.165) is 17.5 Å². The molecule has 8 heteroatoms. The third-order valence-corrected chi connectivity index (χ3v) is 5.99. The number of methoxy groups -OCH3 is 1. The van der Waals surface area contributed by atoms with Gasteiger partial charge in [0.15, 0.2) is 11.4 Å². The Bertz CT molecular complexity index is 1160. The summed E-state index contributed by atoms with van der Waals surface area (Å²) in [6.07, 6.45) is 0.819. The number of hydrogen-bond donors (Lipinski definition) is 1. The van der Waals surface area contributed by atoms with Crippen LogP contribution in [-0.2, 0) is 16.1 Å². The minimum absolute atomic E-state index is 0.0631. The number of pyridine rings is 1. The predicted octanol–water partition coefficient (Wildman–Crippen LogP) is 3.27. The van der Waals surface area contributed by atoms with Gasteiger partial charge in [-0.3, -0.25) is 14.6 Å². The highest BCUT2D eigenvalue weighted by Gasteiger charge is 2.38. The lowest BCUT2D eigenvalue weighted by molar-refractivity contribution is 0.0598. The van der Waals surface area contributed by atoms with Crippen molar-refractivity contribution in [2.24, 2.45) is 0 Å². The molecule has 0 atom stereocenters. The van der Waals surface area contributed by atoms with Crippen LogP contribution in [0.1, 0.15) is 46.7 Å². The van der Waals surface area contributed by atoms with Crippen LogP contribution in [0.25, 0.3) is 0 Å². The summed E-state index contributed by atoms with van der Waals surface area (Å²) < 4.78 is 12.7. The summed E-state index contributed by atoms with van der Waals surface area (Å²) in [6.45, 7) is 3.51. The monoisotopic (exact) mass is 477 g/mol. The van der Waals surface area contributed by atoms with Crippen molar-refractivity contribution in [2.75, 3.05) is 38.5 Å². The minimum atomic E-state index is -0.607. The summed E-state index contributed by atoms with van der Waals surface area (Å²) in [6, 6.07) is 21.0. The molecule has 184 valence electrons.